The van der Waals surface area contributed by atoms with E-state index in [9.17, 15) is 28.5 Å². The molecule has 1 unspecified atom stereocenters. The van der Waals surface area contributed by atoms with Crippen LogP contribution in [0.3, 0.4) is 0 Å². The van der Waals surface area contributed by atoms with Crippen molar-refractivity contribution in [1.29, 1.82) is 0 Å². The van der Waals surface area contributed by atoms with E-state index in [0.717, 1.165) is 42.0 Å². The summed E-state index contributed by atoms with van der Waals surface area (Å²) in [6.45, 7) is 6.02. The molecule has 1 atom stereocenters. The topological polar surface area (TPSA) is 183 Å². The number of nitrogens with zero attached hydrogens (tertiary/aromatic N) is 5. The number of thioether (sulfide) groups is 1. The quantitative estimate of drug-likeness (QED) is 0.0470. The molecular weight excluding hydrogens is 839 g/mol. The molecule has 3 aliphatic rings. The molecule has 2 fully saturated rings. The molecule has 4 aromatic rings. The van der Waals surface area contributed by atoms with Crippen molar-refractivity contribution >= 4 is 94.2 Å². The highest BCUT2D eigenvalue weighted by atomic mass is 35.5. The van der Waals surface area contributed by atoms with Gasteiger partial charge in [-0.1, -0.05) is 42.6 Å². The van der Waals surface area contributed by atoms with Crippen LogP contribution in [0.5, 0.6) is 5.75 Å². The van der Waals surface area contributed by atoms with Crippen LogP contribution in [0.1, 0.15) is 65.7 Å². The molecule has 0 bridgehead atoms. The number of aromatic nitrogens is 2. The van der Waals surface area contributed by atoms with E-state index in [4.69, 9.17) is 16.3 Å². The van der Waals surface area contributed by atoms with Crippen LogP contribution in [0.25, 0.3) is 0 Å². The van der Waals surface area contributed by atoms with Gasteiger partial charge in [0.2, 0.25) is 23.7 Å². The third kappa shape index (κ3) is 10.0. The van der Waals surface area contributed by atoms with Gasteiger partial charge in [0.05, 0.1) is 35.8 Å². The number of amides is 5. The molecule has 0 radical (unpaired) electrons. The molecule has 5 amide bonds. The summed E-state index contributed by atoms with van der Waals surface area (Å²) in [5.41, 5.74) is 2.89. The lowest BCUT2D eigenvalue weighted by atomic mass is 10.0. The van der Waals surface area contributed by atoms with Crippen LogP contribution in [0.4, 0.5) is 28.8 Å². The average molecular weight is 887 g/mol. The minimum absolute atomic E-state index is 0.0757. The number of carbonyl (C=O) groups excluding carboxylic acids is 5. The summed E-state index contributed by atoms with van der Waals surface area (Å²) in [4.78, 5) is 78.4. The van der Waals surface area contributed by atoms with Gasteiger partial charge in [-0.15, -0.1) is 11.8 Å². The number of anilines is 5. The second-order valence-corrected chi connectivity index (χ2v) is 20.1. The maximum Gasteiger partial charge on any atom is 0.263 e. The van der Waals surface area contributed by atoms with Gasteiger partial charge in [0.1, 0.15) is 24.0 Å². The number of nitrogens with one attached hydrogen (secondary N) is 3. The Hall–Kier alpha value is -5.44. The first-order valence-corrected chi connectivity index (χ1v) is 24.2. The number of rotatable bonds is 16. The molecule has 0 aliphatic carbocycles. The smallest absolute Gasteiger partial charge is 0.263 e. The van der Waals surface area contributed by atoms with Crippen LogP contribution >= 0.6 is 30.5 Å². The van der Waals surface area contributed by atoms with Gasteiger partial charge in [0, 0.05) is 61.0 Å². The van der Waals surface area contributed by atoms with Crippen molar-refractivity contribution in [3.8, 4) is 5.75 Å². The van der Waals surface area contributed by atoms with Gasteiger partial charge in [-0.25, -0.2) is 4.98 Å². The van der Waals surface area contributed by atoms with Crippen molar-refractivity contribution in [1.82, 2.24) is 25.1 Å². The minimum Gasteiger partial charge on any atom is -0.494 e. The molecule has 61 heavy (non-hydrogen) atoms. The van der Waals surface area contributed by atoms with E-state index in [1.165, 1.54) is 18.0 Å². The highest BCUT2D eigenvalue weighted by Gasteiger charge is 2.45. The molecule has 18 heteroatoms. The number of methoxy groups -OCH3 is 1. The number of benzene rings is 3. The summed E-state index contributed by atoms with van der Waals surface area (Å²) in [7, 11) is -0.971. The molecule has 2 saturated heterocycles. The third-order valence-electron chi connectivity index (χ3n) is 10.9. The first-order valence-electron chi connectivity index (χ1n) is 20.2. The number of imide groups is 2. The zero-order chi connectivity index (χ0) is 43.3. The minimum atomic E-state index is -2.57. The SMILES string of the molecule is COc1cc(N2CCN(C(=O)CCCCCCSc3cccc4c3C(=O)N(C3CCC(=O)NC3=O)C4=O)CC2)ccc1Nc1ncc(Cl)c(Nc2ccccc2P(C)(C)=O)n1. The standard InChI is InChI=1S/C43H48ClN8O7PS/c1-59-33-25-27(16-17-30(33)47-43-45-26-29(44)39(49-43)46-31-12-7-8-13-34(31)60(2,3)58)50-20-22-51(23-21-50)37(54)15-6-4-5-9-24-61-35-14-10-11-28-38(35)42(57)52(41(28)56)32-18-19-36(53)48-40(32)55/h7-8,10-14,16-17,25-26,32H,4-6,9,15,18-24H2,1-3H3,(H,48,53,55)(H2,45,46,47,49). The zero-order valence-corrected chi connectivity index (χ0v) is 36.7. The van der Waals surface area contributed by atoms with Crippen molar-refractivity contribution in [2.45, 2.75) is 55.9 Å². The van der Waals surface area contributed by atoms with Crippen molar-refractivity contribution < 1.29 is 33.3 Å². The highest BCUT2D eigenvalue weighted by molar-refractivity contribution is 7.99. The molecule has 15 nitrogen and oxygen atoms in total. The van der Waals surface area contributed by atoms with E-state index < -0.39 is 36.8 Å². The predicted octanol–water partition coefficient (Wildman–Crippen LogP) is 6.67. The summed E-state index contributed by atoms with van der Waals surface area (Å²) in [5.74, 6) is 0.110. The van der Waals surface area contributed by atoms with E-state index in [1.807, 2.05) is 53.4 Å². The maximum absolute atomic E-state index is 13.4. The Morgan fingerprint density at radius 1 is 0.934 bits per heavy atom. The fraction of sp³-hybridized carbons (Fsp3) is 0.372. The van der Waals surface area contributed by atoms with Gasteiger partial charge < -0.3 is 29.7 Å². The molecule has 3 aliphatic heterocycles. The van der Waals surface area contributed by atoms with E-state index >= 15 is 0 Å². The molecular formula is C43H48ClN8O7PS. The fourth-order valence-electron chi connectivity index (χ4n) is 7.68. The number of para-hydroxylation sites is 1. The van der Waals surface area contributed by atoms with Crippen molar-refractivity contribution in [2.24, 2.45) is 0 Å². The summed E-state index contributed by atoms with van der Waals surface area (Å²) in [6, 6.07) is 17.4. The maximum atomic E-state index is 13.4. The summed E-state index contributed by atoms with van der Waals surface area (Å²) < 4.78 is 18.6. The Morgan fingerprint density at radius 3 is 2.46 bits per heavy atom. The Bertz CT molecular complexity index is 2410. The van der Waals surface area contributed by atoms with E-state index in [-0.39, 0.29) is 24.3 Å². The summed E-state index contributed by atoms with van der Waals surface area (Å²) in [5, 5.41) is 9.68. The number of hydrogen-bond donors (Lipinski definition) is 3. The van der Waals surface area contributed by atoms with Crippen molar-refractivity contribution in [3.05, 3.63) is 83.0 Å². The van der Waals surface area contributed by atoms with Gasteiger partial charge in [-0.2, -0.15) is 4.98 Å². The van der Waals surface area contributed by atoms with E-state index in [0.29, 0.717) is 82.3 Å². The molecule has 320 valence electrons. The molecule has 0 spiro atoms. The summed E-state index contributed by atoms with van der Waals surface area (Å²) >= 11 is 7.96. The normalized spacial score (nSPS) is 16.7. The van der Waals surface area contributed by atoms with Gasteiger partial charge in [-0.3, -0.25) is 34.2 Å². The molecule has 3 N–H and O–H groups in total. The van der Waals surface area contributed by atoms with Gasteiger partial charge >= 0.3 is 0 Å². The van der Waals surface area contributed by atoms with Gasteiger partial charge in [-0.05, 0) is 74.7 Å². The molecule has 1 aromatic heterocycles. The van der Waals surface area contributed by atoms with Crippen LogP contribution in [0.2, 0.25) is 5.02 Å². The monoisotopic (exact) mass is 886 g/mol. The highest BCUT2D eigenvalue weighted by Crippen LogP contribution is 2.39. The fourth-order valence-corrected chi connectivity index (χ4v) is 10.1. The van der Waals surface area contributed by atoms with E-state index in [2.05, 4.69) is 30.8 Å². The lowest BCUT2D eigenvalue weighted by molar-refractivity contribution is -0.136. The van der Waals surface area contributed by atoms with Crippen LogP contribution in [-0.2, 0) is 18.9 Å². The van der Waals surface area contributed by atoms with Crippen LogP contribution in [0.15, 0.2) is 71.8 Å². The third-order valence-corrected chi connectivity index (χ3v) is 13.9. The van der Waals surface area contributed by atoms with Crippen LogP contribution in [-0.4, -0.2) is 108 Å². The Balaban J connectivity index is 0.840. The Labute approximate surface area is 363 Å². The first-order chi connectivity index (χ1) is 29.3. The van der Waals surface area contributed by atoms with Crippen LogP contribution in [0, 0.1) is 0 Å². The number of carbonyl (C=O) groups is 5. The van der Waals surface area contributed by atoms with E-state index in [1.54, 1.807) is 32.6 Å². The number of piperidine rings is 1. The second-order valence-electron chi connectivity index (χ2n) is 15.4. The van der Waals surface area contributed by atoms with Crippen LogP contribution < -0.4 is 30.9 Å². The predicted molar refractivity (Wildman–Crippen MR) is 238 cm³/mol. The molecule has 3 aromatic carbocycles. The lowest BCUT2D eigenvalue weighted by Gasteiger charge is -2.36. The Kier molecular flexibility index (Phi) is 13.7. The molecule has 0 saturated carbocycles. The Morgan fingerprint density at radius 2 is 1.70 bits per heavy atom. The van der Waals surface area contributed by atoms with Crippen molar-refractivity contribution in [2.75, 3.05) is 67.9 Å². The number of hydrogen-bond acceptors (Lipinski definition) is 13. The number of fused-ring (bicyclic) bond motifs is 1. The number of piperazine rings is 1. The second kappa shape index (κ2) is 19.1. The molecule has 7 rings (SSSR count). The largest absolute Gasteiger partial charge is 0.494 e. The summed E-state index contributed by atoms with van der Waals surface area (Å²) in [6.07, 6.45) is 5.65. The number of halogens is 1. The van der Waals surface area contributed by atoms with Crippen molar-refractivity contribution in [3.63, 3.8) is 0 Å². The molecule has 4 heterocycles. The van der Waals surface area contributed by atoms with Gasteiger partial charge in [0.25, 0.3) is 11.8 Å². The first kappa shape index (κ1) is 43.6. The van der Waals surface area contributed by atoms with Gasteiger partial charge in [0.15, 0.2) is 5.82 Å². The number of ether oxygens (including phenoxy) is 1. The zero-order valence-electron chi connectivity index (χ0n) is 34.2. The average Bonchev–Trinajstić information content (AvgIpc) is 3.50. The number of unbranched alkanes of at least 4 members (excludes halogenated alkanes) is 3. The lowest BCUT2D eigenvalue weighted by Crippen LogP contribution is -2.54.